The minimum absolute atomic E-state index is 0.0500. The molecule has 150 valence electrons. The van der Waals surface area contributed by atoms with Crippen molar-refractivity contribution in [3.05, 3.63) is 52.5 Å². The van der Waals surface area contributed by atoms with E-state index in [1.54, 1.807) is 18.2 Å². The highest BCUT2D eigenvalue weighted by molar-refractivity contribution is 9.10. The molecule has 10 heteroatoms. The first kappa shape index (κ1) is 19.0. The number of hydrogen-bond acceptors (Lipinski definition) is 6. The van der Waals surface area contributed by atoms with Gasteiger partial charge in [0.1, 0.15) is 0 Å². The van der Waals surface area contributed by atoms with Crippen LogP contribution in [-0.4, -0.2) is 49.1 Å². The highest BCUT2D eigenvalue weighted by atomic mass is 79.9. The molecule has 0 aliphatic carbocycles. The van der Waals surface area contributed by atoms with Gasteiger partial charge in [-0.25, -0.2) is 8.42 Å². The normalized spacial score (nSPS) is 25.4. The Bertz CT molecular complexity index is 1150. The molecular weight excluding hydrogens is 480 g/mol. The van der Waals surface area contributed by atoms with Gasteiger partial charge in [0.15, 0.2) is 26.5 Å². The summed E-state index contributed by atoms with van der Waals surface area (Å²) in [7, 11) is -3.11. The molecule has 0 N–H and O–H groups in total. The molecule has 2 atom stereocenters. The van der Waals surface area contributed by atoms with Crippen molar-refractivity contribution in [3.63, 3.8) is 0 Å². The molecule has 0 spiro atoms. The van der Waals surface area contributed by atoms with E-state index in [0.29, 0.717) is 22.2 Å². The van der Waals surface area contributed by atoms with Gasteiger partial charge in [0, 0.05) is 21.0 Å². The lowest BCUT2D eigenvalue weighted by atomic mass is 10.2. The number of ether oxygens (including phenoxy) is 2. The van der Waals surface area contributed by atoms with Crippen molar-refractivity contribution in [3.8, 4) is 11.5 Å². The van der Waals surface area contributed by atoms with Crippen LogP contribution in [-0.2, 0) is 9.84 Å². The van der Waals surface area contributed by atoms with Crippen LogP contribution >= 0.6 is 27.7 Å². The van der Waals surface area contributed by atoms with E-state index in [2.05, 4.69) is 20.9 Å². The molecule has 0 saturated carbocycles. The summed E-state index contributed by atoms with van der Waals surface area (Å²) in [6.07, 6.45) is 0. The Hall–Kier alpha value is -2.04. The number of anilines is 1. The van der Waals surface area contributed by atoms with Crippen molar-refractivity contribution in [2.24, 2.45) is 4.99 Å². The maximum Gasteiger partial charge on any atom is 0.279 e. The molecule has 2 aromatic carbocycles. The summed E-state index contributed by atoms with van der Waals surface area (Å²) in [4.78, 5) is 19.1. The third-order valence-electron chi connectivity index (χ3n) is 4.97. The Kier molecular flexibility index (Phi) is 4.60. The Morgan fingerprint density at radius 1 is 1.14 bits per heavy atom. The molecule has 7 nitrogen and oxygen atoms in total. The summed E-state index contributed by atoms with van der Waals surface area (Å²) in [6, 6.07) is 12.3. The Morgan fingerprint density at radius 3 is 2.79 bits per heavy atom. The highest BCUT2D eigenvalue weighted by Crippen LogP contribution is 2.41. The Morgan fingerprint density at radius 2 is 1.97 bits per heavy atom. The number of rotatable bonds is 2. The lowest BCUT2D eigenvalue weighted by Gasteiger charge is -2.24. The van der Waals surface area contributed by atoms with Crippen LogP contribution in [0.2, 0.25) is 0 Å². The molecule has 5 rings (SSSR count). The summed E-state index contributed by atoms with van der Waals surface area (Å²) >= 11 is 4.80. The van der Waals surface area contributed by atoms with Gasteiger partial charge in [-0.2, -0.15) is 4.99 Å². The van der Waals surface area contributed by atoms with E-state index in [9.17, 15) is 13.2 Å². The third kappa shape index (κ3) is 3.53. The smallest absolute Gasteiger partial charge is 0.279 e. The number of fused-ring (bicyclic) bond motifs is 2. The van der Waals surface area contributed by atoms with E-state index in [1.165, 1.54) is 11.8 Å². The minimum Gasteiger partial charge on any atom is -0.454 e. The van der Waals surface area contributed by atoms with E-state index in [1.807, 2.05) is 29.2 Å². The summed E-state index contributed by atoms with van der Waals surface area (Å²) in [6.45, 7) is 0.131. The van der Waals surface area contributed by atoms with Gasteiger partial charge in [-0.05, 0) is 36.4 Å². The van der Waals surface area contributed by atoms with Gasteiger partial charge >= 0.3 is 0 Å². The number of carbonyl (C=O) groups is 1. The number of thioether (sulfide) groups is 1. The van der Waals surface area contributed by atoms with Gasteiger partial charge in [-0.15, -0.1) is 0 Å². The van der Waals surface area contributed by atoms with Crippen molar-refractivity contribution < 1.29 is 22.7 Å². The van der Waals surface area contributed by atoms with Crippen LogP contribution in [0.3, 0.4) is 0 Å². The van der Waals surface area contributed by atoms with Gasteiger partial charge in [0.2, 0.25) is 6.79 Å². The zero-order chi connectivity index (χ0) is 20.2. The predicted molar refractivity (Wildman–Crippen MR) is 115 cm³/mol. The number of hydrogen-bond donors (Lipinski definition) is 0. The van der Waals surface area contributed by atoms with Gasteiger partial charge in [0.05, 0.1) is 17.5 Å². The highest BCUT2D eigenvalue weighted by Gasteiger charge is 2.49. The maximum absolute atomic E-state index is 12.8. The molecule has 1 amide bonds. The predicted octanol–water partition coefficient (Wildman–Crippen LogP) is 3.09. The second kappa shape index (κ2) is 7.03. The summed E-state index contributed by atoms with van der Waals surface area (Å²) in [5.74, 6) is 0.842. The molecule has 3 aliphatic rings. The van der Waals surface area contributed by atoms with Gasteiger partial charge < -0.3 is 14.4 Å². The molecule has 2 fully saturated rings. The largest absolute Gasteiger partial charge is 0.454 e. The lowest BCUT2D eigenvalue weighted by Crippen LogP contribution is -2.37. The topological polar surface area (TPSA) is 85.3 Å². The van der Waals surface area contributed by atoms with Crippen LogP contribution in [0.15, 0.2) is 51.9 Å². The van der Waals surface area contributed by atoms with Crippen LogP contribution in [0.25, 0.3) is 0 Å². The molecule has 0 radical (unpaired) electrons. The molecule has 29 heavy (non-hydrogen) atoms. The first-order valence-electron chi connectivity index (χ1n) is 8.84. The van der Waals surface area contributed by atoms with E-state index in [0.717, 1.165) is 10.2 Å². The van der Waals surface area contributed by atoms with Crippen molar-refractivity contribution >= 4 is 54.3 Å². The Labute approximate surface area is 180 Å². The molecule has 3 heterocycles. The number of nitrogens with zero attached hydrogens (tertiary/aromatic N) is 2. The standard InChI is InChI=1S/C19H15BrN2O5S2/c20-12-2-1-3-13(7-12)22-14-8-29(24,25)9-17(14)28-19(22)21-18(23)11-4-5-15-16(6-11)27-10-26-15/h1-7,14,17H,8-10H2/t14-,17+/m1/s1. The van der Waals surface area contributed by atoms with Crippen LogP contribution in [0.4, 0.5) is 5.69 Å². The molecular formula is C19H15BrN2O5S2. The zero-order valence-corrected chi connectivity index (χ0v) is 18.2. The maximum atomic E-state index is 12.8. The van der Waals surface area contributed by atoms with Gasteiger partial charge in [-0.1, -0.05) is 33.8 Å². The minimum atomic E-state index is -3.11. The quantitative estimate of drug-likeness (QED) is 0.633. The number of halogens is 1. The van der Waals surface area contributed by atoms with Crippen molar-refractivity contribution in [1.29, 1.82) is 0 Å². The fourth-order valence-corrected chi connectivity index (χ4v) is 7.97. The number of carbonyl (C=O) groups excluding carboxylic acids is 1. The van der Waals surface area contributed by atoms with Crippen LogP contribution in [0, 0.1) is 0 Å². The molecule has 0 aromatic heterocycles. The monoisotopic (exact) mass is 494 g/mol. The third-order valence-corrected chi connectivity index (χ3v) is 8.67. The van der Waals surface area contributed by atoms with E-state index in [4.69, 9.17) is 9.47 Å². The van der Waals surface area contributed by atoms with E-state index >= 15 is 0 Å². The number of aliphatic imine (C=N–C) groups is 1. The van der Waals surface area contributed by atoms with Crippen LogP contribution < -0.4 is 14.4 Å². The first-order valence-corrected chi connectivity index (χ1v) is 12.3. The number of benzene rings is 2. The average Bonchev–Trinajstić information content (AvgIpc) is 3.32. The molecule has 2 aromatic rings. The fourth-order valence-electron chi connectivity index (χ4n) is 3.67. The number of amidine groups is 1. The van der Waals surface area contributed by atoms with Crippen LogP contribution in [0.5, 0.6) is 11.5 Å². The van der Waals surface area contributed by atoms with Crippen LogP contribution in [0.1, 0.15) is 10.4 Å². The lowest BCUT2D eigenvalue weighted by molar-refractivity contribution is 0.100. The van der Waals surface area contributed by atoms with E-state index < -0.39 is 15.7 Å². The summed E-state index contributed by atoms with van der Waals surface area (Å²) in [5.41, 5.74) is 1.19. The van der Waals surface area contributed by atoms with Crippen molar-refractivity contribution in [2.45, 2.75) is 11.3 Å². The van der Waals surface area contributed by atoms with E-state index in [-0.39, 0.29) is 29.6 Å². The fraction of sp³-hybridized carbons (Fsp3) is 0.263. The summed E-state index contributed by atoms with van der Waals surface area (Å²) in [5, 5.41) is 0.359. The number of sulfone groups is 1. The SMILES string of the molecule is O=C(N=C1S[C@H]2CS(=O)(=O)C[C@H]2N1c1cccc(Br)c1)c1ccc2c(c1)OCO2. The molecule has 0 bridgehead atoms. The average molecular weight is 495 g/mol. The van der Waals surface area contributed by atoms with Crippen molar-refractivity contribution in [2.75, 3.05) is 23.2 Å². The first-order chi connectivity index (χ1) is 13.9. The molecule has 0 unspecified atom stereocenters. The Balaban J connectivity index is 1.51. The van der Waals surface area contributed by atoms with Gasteiger partial charge in [0.25, 0.3) is 5.91 Å². The molecule has 2 saturated heterocycles. The second-order valence-electron chi connectivity index (χ2n) is 6.92. The molecule has 3 aliphatic heterocycles. The number of amides is 1. The summed E-state index contributed by atoms with van der Waals surface area (Å²) < 4.78 is 35.8. The zero-order valence-electron chi connectivity index (χ0n) is 14.9. The second-order valence-corrected chi connectivity index (χ2v) is 11.2. The van der Waals surface area contributed by atoms with Gasteiger partial charge in [-0.3, -0.25) is 4.79 Å². The van der Waals surface area contributed by atoms with Crippen molar-refractivity contribution in [1.82, 2.24) is 0 Å².